The molecule has 1 unspecified atom stereocenters. The summed E-state index contributed by atoms with van der Waals surface area (Å²) in [5.74, 6) is -0.973. The van der Waals surface area contributed by atoms with E-state index in [1.807, 2.05) is 0 Å². The summed E-state index contributed by atoms with van der Waals surface area (Å²) >= 11 is 0. The first-order chi connectivity index (χ1) is 9.34. The molecule has 0 radical (unpaired) electrons. The Hall–Kier alpha value is -0.290. The van der Waals surface area contributed by atoms with Gasteiger partial charge in [0, 0.05) is 6.08 Å². The molecular formula is C12H21NaO8. The molecule has 5 atom stereocenters. The van der Waals surface area contributed by atoms with Crippen molar-refractivity contribution in [3.05, 3.63) is 24.3 Å². The molecule has 0 rings (SSSR count). The fraction of sp³-hybridized carbons (Fsp3) is 0.583. The van der Waals surface area contributed by atoms with Crippen LogP contribution < -0.4 is 29.6 Å². The number of ether oxygens (including phenoxy) is 1. The van der Waals surface area contributed by atoms with Crippen LogP contribution >= 0.6 is 0 Å². The van der Waals surface area contributed by atoms with E-state index in [1.165, 1.54) is 12.2 Å². The molecule has 0 heterocycles. The first kappa shape index (κ1) is 23.0. The van der Waals surface area contributed by atoms with Gasteiger partial charge >= 0.3 is 35.5 Å². The zero-order chi connectivity index (χ0) is 15.7. The Bertz CT molecular complexity index is 352. The molecule has 0 aromatic carbocycles. The Morgan fingerprint density at radius 3 is 2.14 bits per heavy atom. The van der Waals surface area contributed by atoms with Crippen molar-refractivity contribution in [2.45, 2.75) is 37.6 Å². The minimum atomic E-state index is -2.10. The average Bonchev–Trinajstić information content (AvgIpc) is 2.44. The van der Waals surface area contributed by atoms with Crippen molar-refractivity contribution >= 4 is 5.97 Å². The van der Waals surface area contributed by atoms with E-state index in [-0.39, 0.29) is 31.0 Å². The smallest absolute Gasteiger partial charge is 1.00 e. The molecule has 6 N–H and O–H groups in total. The van der Waals surface area contributed by atoms with Crippen LogP contribution in [0.5, 0.6) is 0 Å². The second kappa shape index (κ2) is 12.3. The third-order valence-corrected chi connectivity index (χ3v) is 2.35. The molecule has 0 bridgehead atoms. The van der Waals surface area contributed by atoms with E-state index in [0.29, 0.717) is 0 Å². The molecule has 118 valence electrons. The number of aliphatic hydroxyl groups excluding tert-OH is 6. The summed E-state index contributed by atoms with van der Waals surface area (Å²) in [5, 5.41) is 55.2. The Morgan fingerprint density at radius 2 is 1.67 bits per heavy atom. The molecule has 0 aromatic heterocycles. The number of allylic oxidation sites excluding steroid dienone is 3. The van der Waals surface area contributed by atoms with Crippen LogP contribution in [-0.4, -0.2) is 73.9 Å². The molecule has 0 spiro atoms. The third-order valence-electron chi connectivity index (χ3n) is 2.35. The molecule has 9 heteroatoms. The molecular weight excluding hydrogens is 295 g/mol. The summed E-state index contributed by atoms with van der Waals surface area (Å²) in [6.07, 6.45) is -4.31. The Morgan fingerprint density at radius 1 is 1.10 bits per heavy atom. The van der Waals surface area contributed by atoms with Crippen molar-refractivity contribution < 1.29 is 71.2 Å². The fourth-order valence-electron chi connectivity index (χ4n) is 1.18. The number of carbonyl (C=O) groups is 1. The van der Waals surface area contributed by atoms with Crippen LogP contribution in [-0.2, 0) is 9.53 Å². The minimum Gasteiger partial charge on any atom is -1.00 e. The van der Waals surface area contributed by atoms with Crippen molar-refractivity contribution in [1.82, 2.24) is 0 Å². The van der Waals surface area contributed by atoms with Gasteiger partial charge in [0.25, 0.3) is 0 Å². The maximum atomic E-state index is 11.2. The Balaban J connectivity index is -0.00000180. The molecule has 0 fully saturated rings. The minimum absolute atomic E-state index is 0. The topological polar surface area (TPSA) is 148 Å². The van der Waals surface area contributed by atoms with Crippen molar-refractivity contribution in [3.8, 4) is 0 Å². The van der Waals surface area contributed by atoms with Crippen LogP contribution in [0.1, 0.15) is 8.35 Å². The van der Waals surface area contributed by atoms with E-state index in [1.54, 1.807) is 13.0 Å². The molecule has 0 saturated heterocycles. The molecule has 0 aliphatic carbocycles. The zero-order valence-electron chi connectivity index (χ0n) is 12.9. The van der Waals surface area contributed by atoms with Gasteiger partial charge in [0.05, 0.1) is 6.61 Å². The van der Waals surface area contributed by atoms with Gasteiger partial charge in [-0.2, -0.15) is 0 Å². The van der Waals surface area contributed by atoms with Crippen molar-refractivity contribution in [1.29, 1.82) is 0 Å². The standard InChI is InChI=1S/C12H20O8.Na.H/c1-2-3-4-5-8(15)20-12(19)11(18)10(17)9(16)7(14)6-13;;/h2-5,7,9-14,16-19H,6H2,1H3;;/q;+1;-1/b3-2+,5-4+;;/t7-,9-,10+,11-,12?;;/m1../s1. The van der Waals surface area contributed by atoms with Gasteiger partial charge in [-0.25, -0.2) is 4.79 Å². The van der Waals surface area contributed by atoms with Crippen LogP contribution in [0.15, 0.2) is 24.3 Å². The van der Waals surface area contributed by atoms with Gasteiger partial charge in [-0.3, -0.25) is 0 Å². The van der Waals surface area contributed by atoms with Crippen LogP contribution in [0.3, 0.4) is 0 Å². The number of aliphatic hydroxyl groups is 6. The van der Waals surface area contributed by atoms with E-state index < -0.39 is 43.3 Å². The second-order valence-electron chi connectivity index (χ2n) is 3.93. The van der Waals surface area contributed by atoms with Crippen LogP contribution in [0.4, 0.5) is 0 Å². The number of esters is 1. The van der Waals surface area contributed by atoms with Crippen molar-refractivity contribution in [2.75, 3.05) is 6.61 Å². The molecule has 0 saturated carbocycles. The summed E-state index contributed by atoms with van der Waals surface area (Å²) in [7, 11) is 0. The van der Waals surface area contributed by atoms with E-state index >= 15 is 0 Å². The van der Waals surface area contributed by atoms with E-state index in [4.69, 9.17) is 10.2 Å². The molecule has 21 heavy (non-hydrogen) atoms. The van der Waals surface area contributed by atoms with Gasteiger partial charge in [-0.1, -0.05) is 18.2 Å². The SMILES string of the molecule is C/C=C/C=C/C(=O)OC(O)[C@H](O)[C@@H](O)[C@H](O)[C@H](O)CO.[H-].[Na+]. The van der Waals surface area contributed by atoms with Gasteiger partial charge in [-0.05, 0) is 6.92 Å². The molecule has 0 aromatic rings. The summed E-state index contributed by atoms with van der Waals surface area (Å²) in [6, 6.07) is 0. The fourth-order valence-corrected chi connectivity index (χ4v) is 1.18. The maximum Gasteiger partial charge on any atom is 1.00 e. The number of hydrogen-bond acceptors (Lipinski definition) is 8. The van der Waals surface area contributed by atoms with Gasteiger partial charge in [0.15, 0.2) is 0 Å². The van der Waals surface area contributed by atoms with Gasteiger partial charge in [0.2, 0.25) is 6.29 Å². The molecule has 0 amide bonds. The van der Waals surface area contributed by atoms with Gasteiger partial charge in [-0.15, -0.1) is 0 Å². The summed E-state index contributed by atoms with van der Waals surface area (Å²) in [5.41, 5.74) is 0. The first-order valence-electron chi connectivity index (χ1n) is 5.86. The molecule has 0 aliphatic heterocycles. The predicted octanol–water partition coefficient (Wildman–Crippen LogP) is -5.47. The van der Waals surface area contributed by atoms with Crippen molar-refractivity contribution in [2.24, 2.45) is 0 Å². The third kappa shape index (κ3) is 8.67. The average molecular weight is 316 g/mol. The first-order valence-corrected chi connectivity index (χ1v) is 5.86. The Kier molecular flexibility index (Phi) is 13.4. The quantitative estimate of drug-likeness (QED) is 0.0854. The zero-order valence-corrected chi connectivity index (χ0v) is 13.9. The second-order valence-corrected chi connectivity index (χ2v) is 3.93. The largest absolute Gasteiger partial charge is 1.00 e. The van der Waals surface area contributed by atoms with E-state index in [9.17, 15) is 25.2 Å². The summed E-state index contributed by atoms with van der Waals surface area (Å²) in [6.45, 7) is 0.866. The van der Waals surface area contributed by atoms with Crippen LogP contribution in [0, 0.1) is 0 Å². The summed E-state index contributed by atoms with van der Waals surface area (Å²) in [4.78, 5) is 11.2. The monoisotopic (exact) mass is 316 g/mol. The maximum absolute atomic E-state index is 11.2. The number of rotatable bonds is 8. The molecule has 0 aliphatic rings. The molecule has 8 nitrogen and oxygen atoms in total. The van der Waals surface area contributed by atoms with E-state index in [0.717, 1.165) is 6.08 Å². The normalized spacial score (nSPS) is 18.8. The Labute approximate surface area is 145 Å². The predicted molar refractivity (Wildman–Crippen MR) is 68.3 cm³/mol. The summed E-state index contributed by atoms with van der Waals surface area (Å²) < 4.78 is 4.37. The number of carbonyl (C=O) groups excluding carboxylic acids is 1. The number of hydrogen-bond donors (Lipinski definition) is 6. The van der Waals surface area contributed by atoms with Crippen LogP contribution in [0.2, 0.25) is 0 Å². The van der Waals surface area contributed by atoms with Crippen LogP contribution in [0.25, 0.3) is 0 Å². The van der Waals surface area contributed by atoms with E-state index in [2.05, 4.69) is 4.74 Å². The van der Waals surface area contributed by atoms with Crippen molar-refractivity contribution in [3.63, 3.8) is 0 Å². The van der Waals surface area contributed by atoms with Gasteiger partial charge in [0.1, 0.15) is 24.4 Å². The van der Waals surface area contributed by atoms with Gasteiger partial charge < -0.3 is 36.8 Å².